The van der Waals surface area contributed by atoms with Gasteiger partial charge in [-0.3, -0.25) is 0 Å². The maximum atomic E-state index is 11.6. The first-order valence-electron chi connectivity index (χ1n) is 6.25. The average molecular weight is 331 g/mol. The number of hydrogen-bond acceptors (Lipinski definition) is 1. The van der Waals surface area contributed by atoms with Crippen LogP contribution in [0.2, 0.25) is 0 Å². The molecule has 0 unspecified atom stereocenters. The van der Waals surface area contributed by atoms with E-state index < -0.39 is 0 Å². The zero-order chi connectivity index (χ0) is 14.2. The SMILES string of the molecule is O=C(N/C=C/c1ccccc1)NCc1ccccc1Br. The Balaban J connectivity index is 1.79. The molecule has 0 heterocycles. The highest BCUT2D eigenvalue weighted by Gasteiger charge is 2.00. The Morgan fingerprint density at radius 3 is 2.50 bits per heavy atom. The van der Waals surface area contributed by atoms with Crippen molar-refractivity contribution in [1.29, 1.82) is 0 Å². The minimum atomic E-state index is -0.229. The Hall–Kier alpha value is -2.07. The Bertz CT molecular complexity index is 596. The van der Waals surface area contributed by atoms with E-state index in [0.717, 1.165) is 15.6 Å². The predicted octanol–water partition coefficient (Wildman–Crippen LogP) is 3.92. The molecular formula is C16H15BrN2O. The van der Waals surface area contributed by atoms with Crippen molar-refractivity contribution in [2.24, 2.45) is 0 Å². The number of hydrogen-bond donors (Lipinski definition) is 2. The molecule has 0 atom stereocenters. The van der Waals surface area contributed by atoms with Gasteiger partial charge in [0.1, 0.15) is 0 Å². The van der Waals surface area contributed by atoms with Crippen molar-refractivity contribution in [3.8, 4) is 0 Å². The van der Waals surface area contributed by atoms with E-state index in [1.165, 1.54) is 0 Å². The molecule has 0 aromatic heterocycles. The van der Waals surface area contributed by atoms with Gasteiger partial charge in [0.15, 0.2) is 0 Å². The summed E-state index contributed by atoms with van der Waals surface area (Å²) < 4.78 is 0.986. The molecule has 0 aliphatic heterocycles. The molecule has 0 aliphatic rings. The highest BCUT2D eigenvalue weighted by molar-refractivity contribution is 9.10. The summed E-state index contributed by atoms with van der Waals surface area (Å²) in [7, 11) is 0. The summed E-state index contributed by atoms with van der Waals surface area (Å²) in [6, 6.07) is 17.4. The Morgan fingerprint density at radius 1 is 1.05 bits per heavy atom. The van der Waals surface area contributed by atoms with Crippen LogP contribution in [0.1, 0.15) is 11.1 Å². The van der Waals surface area contributed by atoms with Gasteiger partial charge in [-0.2, -0.15) is 0 Å². The lowest BCUT2D eigenvalue weighted by atomic mass is 10.2. The molecule has 0 fully saturated rings. The molecule has 0 bridgehead atoms. The van der Waals surface area contributed by atoms with Gasteiger partial charge in [0.05, 0.1) is 0 Å². The minimum Gasteiger partial charge on any atom is -0.334 e. The standard InChI is InChI=1S/C16H15BrN2O/c17-15-9-5-4-8-14(15)12-19-16(20)18-11-10-13-6-2-1-3-7-13/h1-11H,12H2,(H2,18,19,20)/b11-10+. The summed E-state index contributed by atoms with van der Waals surface area (Å²) in [5, 5.41) is 5.47. The number of amides is 2. The van der Waals surface area contributed by atoms with Crippen molar-refractivity contribution in [2.75, 3.05) is 0 Å². The fraction of sp³-hybridized carbons (Fsp3) is 0.0625. The van der Waals surface area contributed by atoms with Gasteiger partial charge in [0.2, 0.25) is 0 Å². The molecule has 0 saturated carbocycles. The monoisotopic (exact) mass is 330 g/mol. The third-order valence-corrected chi connectivity index (χ3v) is 3.46. The van der Waals surface area contributed by atoms with E-state index >= 15 is 0 Å². The largest absolute Gasteiger partial charge is 0.334 e. The molecule has 0 saturated heterocycles. The van der Waals surface area contributed by atoms with Gasteiger partial charge in [-0.1, -0.05) is 64.5 Å². The summed E-state index contributed by atoms with van der Waals surface area (Å²) in [5.74, 6) is 0. The maximum Gasteiger partial charge on any atom is 0.319 e. The number of urea groups is 1. The third-order valence-electron chi connectivity index (χ3n) is 2.69. The maximum absolute atomic E-state index is 11.6. The average Bonchev–Trinajstić information content (AvgIpc) is 2.47. The van der Waals surface area contributed by atoms with E-state index in [2.05, 4.69) is 26.6 Å². The molecule has 4 heteroatoms. The molecular weight excluding hydrogens is 316 g/mol. The molecule has 102 valence electrons. The quantitative estimate of drug-likeness (QED) is 0.876. The van der Waals surface area contributed by atoms with E-state index in [1.807, 2.05) is 60.7 Å². The molecule has 0 radical (unpaired) electrons. The summed E-state index contributed by atoms with van der Waals surface area (Å²) >= 11 is 3.44. The van der Waals surface area contributed by atoms with Gasteiger partial charge in [0.25, 0.3) is 0 Å². The van der Waals surface area contributed by atoms with Gasteiger partial charge in [-0.25, -0.2) is 4.79 Å². The van der Waals surface area contributed by atoms with Gasteiger partial charge in [-0.05, 0) is 23.3 Å². The number of rotatable bonds is 4. The van der Waals surface area contributed by atoms with Crippen LogP contribution in [0.15, 0.2) is 65.3 Å². The lowest BCUT2D eigenvalue weighted by Gasteiger charge is -2.06. The molecule has 3 nitrogen and oxygen atoms in total. The van der Waals surface area contributed by atoms with Crippen molar-refractivity contribution in [2.45, 2.75) is 6.54 Å². The molecule has 0 spiro atoms. The van der Waals surface area contributed by atoms with Gasteiger partial charge < -0.3 is 10.6 Å². The minimum absolute atomic E-state index is 0.229. The number of carbonyl (C=O) groups is 1. The normalized spacial score (nSPS) is 10.4. The van der Waals surface area contributed by atoms with Crippen LogP contribution < -0.4 is 10.6 Å². The van der Waals surface area contributed by atoms with Crippen LogP contribution in [-0.2, 0) is 6.54 Å². The third kappa shape index (κ3) is 4.55. The molecule has 2 N–H and O–H groups in total. The molecule has 2 amide bonds. The summed E-state index contributed by atoms with van der Waals surface area (Å²) in [5.41, 5.74) is 2.08. The van der Waals surface area contributed by atoms with Crippen LogP contribution in [0.4, 0.5) is 4.79 Å². The van der Waals surface area contributed by atoms with Crippen molar-refractivity contribution in [3.63, 3.8) is 0 Å². The molecule has 2 aromatic carbocycles. The van der Waals surface area contributed by atoms with E-state index in [4.69, 9.17) is 0 Å². The highest BCUT2D eigenvalue weighted by Crippen LogP contribution is 2.15. The second-order valence-electron chi connectivity index (χ2n) is 4.16. The highest BCUT2D eigenvalue weighted by atomic mass is 79.9. The Labute approximate surface area is 126 Å². The summed E-state index contributed by atoms with van der Waals surface area (Å²) in [6.07, 6.45) is 3.47. The second kappa shape index (κ2) is 7.50. The summed E-state index contributed by atoms with van der Waals surface area (Å²) in [4.78, 5) is 11.6. The Kier molecular flexibility index (Phi) is 5.38. The van der Waals surface area contributed by atoms with Crippen LogP contribution in [-0.4, -0.2) is 6.03 Å². The van der Waals surface area contributed by atoms with E-state index in [-0.39, 0.29) is 6.03 Å². The van der Waals surface area contributed by atoms with Crippen LogP contribution in [0.25, 0.3) is 6.08 Å². The first kappa shape index (κ1) is 14.3. The van der Waals surface area contributed by atoms with Gasteiger partial charge in [-0.15, -0.1) is 0 Å². The fourth-order valence-corrected chi connectivity index (χ4v) is 2.07. The molecule has 20 heavy (non-hydrogen) atoms. The second-order valence-corrected chi connectivity index (χ2v) is 5.02. The van der Waals surface area contributed by atoms with Crippen molar-refractivity contribution in [1.82, 2.24) is 10.6 Å². The van der Waals surface area contributed by atoms with E-state index in [1.54, 1.807) is 6.20 Å². The lowest BCUT2D eigenvalue weighted by Crippen LogP contribution is -2.31. The Morgan fingerprint density at radius 2 is 1.75 bits per heavy atom. The van der Waals surface area contributed by atoms with Crippen molar-refractivity contribution in [3.05, 3.63) is 76.4 Å². The molecule has 0 aliphatic carbocycles. The topological polar surface area (TPSA) is 41.1 Å². The van der Waals surface area contributed by atoms with Crippen molar-refractivity contribution < 1.29 is 4.79 Å². The van der Waals surface area contributed by atoms with E-state index in [9.17, 15) is 4.79 Å². The lowest BCUT2D eigenvalue weighted by molar-refractivity contribution is 0.244. The van der Waals surface area contributed by atoms with Gasteiger partial charge in [0, 0.05) is 17.2 Å². The van der Waals surface area contributed by atoms with Gasteiger partial charge >= 0.3 is 6.03 Å². The van der Waals surface area contributed by atoms with Crippen LogP contribution in [0, 0.1) is 0 Å². The fourth-order valence-electron chi connectivity index (χ4n) is 1.65. The van der Waals surface area contributed by atoms with E-state index in [0.29, 0.717) is 6.54 Å². The first-order valence-corrected chi connectivity index (χ1v) is 7.04. The smallest absolute Gasteiger partial charge is 0.319 e. The van der Waals surface area contributed by atoms with Crippen LogP contribution in [0.3, 0.4) is 0 Å². The number of halogens is 1. The number of nitrogens with one attached hydrogen (secondary N) is 2. The zero-order valence-corrected chi connectivity index (χ0v) is 12.4. The summed E-state index contributed by atoms with van der Waals surface area (Å²) in [6.45, 7) is 0.479. The number of benzene rings is 2. The van der Waals surface area contributed by atoms with Crippen LogP contribution in [0.5, 0.6) is 0 Å². The van der Waals surface area contributed by atoms with Crippen LogP contribution >= 0.6 is 15.9 Å². The predicted molar refractivity (Wildman–Crippen MR) is 85.0 cm³/mol. The number of carbonyl (C=O) groups excluding carboxylic acids is 1. The molecule has 2 rings (SSSR count). The van der Waals surface area contributed by atoms with Crippen molar-refractivity contribution >= 4 is 28.0 Å². The molecule has 2 aromatic rings. The zero-order valence-electron chi connectivity index (χ0n) is 10.8. The first-order chi connectivity index (χ1) is 9.75.